The van der Waals surface area contributed by atoms with Gasteiger partial charge in [-0.1, -0.05) is 6.92 Å². The van der Waals surface area contributed by atoms with Crippen molar-refractivity contribution in [1.29, 1.82) is 0 Å². The first-order valence-corrected chi connectivity index (χ1v) is 20.8. The van der Waals surface area contributed by atoms with Gasteiger partial charge < -0.3 is 94.0 Å². The van der Waals surface area contributed by atoms with Gasteiger partial charge >= 0.3 is 0 Å². The van der Waals surface area contributed by atoms with Crippen LogP contribution in [0.25, 0.3) is 0 Å². The molecular formula is C38H69N3O20. The molecule has 0 bridgehead atoms. The Balaban J connectivity index is 1.47. The Morgan fingerprint density at radius 1 is 0.607 bits per heavy atom. The predicted octanol–water partition coefficient (Wildman–Crippen LogP) is -4.36. The highest BCUT2D eigenvalue weighted by atomic mass is 16.7. The Labute approximate surface area is 355 Å². The van der Waals surface area contributed by atoms with Crippen molar-refractivity contribution in [3.63, 3.8) is 0 Å². The van der Waals surface area contributed by atoms with Crippen molar-refractivity contribution in [1.82, 2.24) is 16.0 Å². The van der Waals surface area contributed by atoms with E-state index in [1.807, 2.05) is 0 Å². The first kappa shape index (κ1) is 54.6. The molecule has 2 fully saturated rings. The number of Topliss-reactive ketones (excluding diaryl/α,β-unsaturated/α-hetero) is 1. The molecule has 23 nitrogen and oxygen atoms in total. The number of ether oxygens (including phenoxy) is 10. The Kier molecular flexibility index (Phi) is 30.4. The summed E-state index contributed by atoms with van der Waals surface area (Å²) in [5.41, 5.74) is 0. The summed E-state index contributed by atoms with van der Waals surface area (Å²) in [4.78, 5) is 49.2. The van der Waals surface area contributed by atoms with Crippen LogP contribution in [0.3, 0.4) is 0 Å². The Morgan fingerprint density at radius 2 is 1.05 bits per heavy atom. The number of amides is 3. The summed E-state index contributed by atoms with van der Waals surface area (Å²) in [7, 11) is 0. The number of rotatable bonds is 36. The monoisotopic (exact) mass is 887 g/mol. The van der Waals surface area contributed by atoms with E-state index >= 15 is 0 Å². The third-order valence-corrected chi connectivity index (χ3v) is 9.20. The Hall–Kier alpha value is -2.56. The second-order valence-electron chi connectivity index (χ2n) is 14.0. The highest BCUT2D eigenvalue weighted by molar-refractivity contribution is 5.91. The quantitative estimate of drug-likeness (QED) is 0.0269. The molecule has 2 heterocycles. The van der Waals surface area contributed by atoms with E-state index in [1.165, 1.54) is 0 Å². The standard InChI is InChI=1S/C38H69N3O20/c1-2-26(44)21-40-38(51)27(41-33(48)25-57-14-12-53-8-10-55-16-18-59-35-20-29(46)37(50)31(23-43)61-35)5-3-4-6-39-32(47)24-56-13-11-52-7-9-54-15-17-58-34-19-28(45)36(49)30(22-42)60-34/h27-31,34-37,42-43,45-46,49-50H,2-25H2,1H3,(H,39,47)(H,40,51)(H,41,48)/t27-,28+,29+,30+,31+,34+,35+,36+,37+/m0/s1. The lowest BCUT2D eigenvalue weighted by molar-refractivity contribution is -0.259. The lowest BCUT2D eigenvalue weighted by Gasteiger charge is -2.35. The minimum absolute atomic E-state index is 0.0699. The predicted molar refractivity (Wildman–Crippen MR) is 209 cm³/mol. The molecule has 61 heavy (non-hydrogen) atoms. The van der Waals surface area contributed by atoms with Crippen molar-refractivity contribution < 1.29 is 97.2 Å². The first-order valence-electron chi connectivity index (χ1n) is 20.8. The lowest BCUT2D eigenvalue weighted by atomic mass is 10.0. The van der Waals surface area contributed by atoms with Crippen LogP contribution in [0, 0.1) is 0 Å². The number of hydrogen-bond donors (Lipinski definition) is 9. The summed E-state index contributed by atoms with van der Waals surface area (Å²) in [6, 6.07) is -0.921. The summed E-state index contributed by atoms with van der Waals surface area (Å²) >= 11 is 0. The van der Waals surface area contributed by atoms with Crippen LogP contribution in [0.1, 0.15) is 45.4 Å². The largest absolute Gasteiger partial charge is 0.394 e. The number of carbonyl (C=O) groups excluding carboxylic acids is 4. The SMILES string of the molecule is CCC(=O)CNC(=O)[C@H](CCCCNC(=O)COCCOCCOCCO[C@H]1C[C@@H](O)[C@@H](O)[C@@H](CO)O1)NC(=O)COCCOCCOCCO[C@H]1C[C@@H](O)[C@@H](O)[C@@H](CO)O1. The first-order chi connectivity index (χ1) is 29.5. The smallest absolute Gasteiger partial charge is 0.246 e. The lowest BCUT2D eigenvalue weighted by Crippen LogP contribution is -2.50. The zero-order valence-electron chi connectivity index (χ0n) is 35.1. The van der Waals surface area contributed by atoms with E-state index in [-0.39, 0.29) is 136 Å². The maximum absolute atomic E-state index is 12.8. The average molecular weight is 888 g/mol. The number of aliphatic hydroxyl groups is 6. The van der Waals surface area contributed by atoms with Gasteiger partial charge in [0, 0.05) is 25.8 Å². The minimum Gasteiger partial charge on any atom is -0.394 e. The second-order valence-corrected chi connectivity index (χ2v) is 14.0. The molecule has 9 N–H and O–H groups in total. The molecule has 0 aromatic rings. The minimum atomic E-state index is -1.18. The average Bonchev–Trinajstić information content (AvgIpc) is 3.25. The van der Waals surface area contributed by atoms with Crippen molar-refractivity contribution >= 4 is 23.5 Å². The molecule has 2 aliphatic rings. The van der Waals surface area contributed by atoms with Crippen molar-refractivity contribution in [2.75, 3.05) is 119 Å². The van der Waals surface area contributed by atoms with Crippen molar-refractivity contribution in [2.24, 2.45) is 0 Å². The summed E-state index contributed by atoms with van der Waals surface area (Å²) in [6.07, 6.45) is -6.17. The summed E-state index contributed by atoms with van der Waals surface area (Å²) < 4.78 is 54.0. The highest BCUT2D eigenvalue weighted by Gasteiger charge is 2.37. The highest BCUT2D eigenvalue weighted by Crippen LogP contribution is 2.22. The van der Waals surface area contributed by atoms with Gasteiger partial charge in [0.2, 0.25) is 17.7 Å². The van der Waals surface area contributed by atoms with Gasteiger partial charge in [0.05, 0.1) is 111 Å². The molecule has 0 aromatic carbocycles. The summed E-state index contributed by atoms with van der Waals surface area (Å²) in [6.45, 7) is 3.05. The van der Waals surface area contributed by atoms with E-state index in [4.69, 9.17) is 47.4 Å². The number of nitrogens with one attached hydrogen (secondary N) is 3. The van der Waals surface area contributed by atoms with Crippen molar-refractivity contribution in [3.8, 4) is 0 Å². The maximum atomic E-state index is 12.8. The fourth-order valence-electron chi connectivity index (χ4n) is 5.72. The molecule has 2 rings (SSSR count). The van der Waals surface area contributed by atoms with Crippen LogP contribution in [-0.4, -0.2) is 228 Å². The molecule has 2 saturated heterocycles. The Morgan fingerprint density at radius 3 is 1.51 bits per heavy atom. The van der Waals surface area contributed by atoms with Crippen LogP contribution in [0.15, 0.2) is 0 Å². The molecule has 9 atom stereocenters. The van der Waals surface area contributed by atoms with Crippen LogP contribution in [0.4, 0.5) is 0 Å². The van der Waals surface area contributed by atoms with Crippen molar-refractivity contribution in [2.45, 2.75) is 101 Å². The van der Waals surface area contributed by atoms with E-state index in [1.54, 1.807) is 6.92 Å². The summed E-state index contributed by atoms with van der Waals surface area (Å²) in [5.74, 6) is -1.52. The molecule has 0 radical (unpaired) electrons. The zero-order valence-corrected chi connectivity index (χ0v) is 35.1. The fraction of sp³-hybridized carbons (Fsp3) is 0.895. The molecule has 3 amide bonds. The molecule has 356 valence electrons. The normalized spacial score (nSPS) is 24.6. The third-order valence-electron chi connectivity index (χ3n) is 9.20. The van der Waals surface area contributed by atoms with Gasteiger partial charge in [0.25, 0.3) is 0 Å². The number of hydrogen-bond acceptors (Lipinski definition) is 20. The van der Waals surface area contributed by atoms with Gasteiger partial charge in [0.15, 0.2) is 18.4 Å². The van der Waals surface area contributed by atoms with Gasteiger partial charge in [0.1, 0.15) is 43.7 Å². The summed E-state index contributed by atoms with van der Waals surface area (Å²) in [5, 5.41) is 65.5. The molecular weight excluding hydrogens is 818 g/mol. The van der Waals surface area contributed by atoms with Crippen LogP contribution in [0.5, 0.6) is 0 Å². The van der Waals surface area contributed by atoms with Crippen LogP contribution in [0.2, 0.25) is 0 Å². The third kappa shape index (κ3) is 24.8. The van der Waals surface area contributed by atoms with Gasteiger partial charge in [-0.25, -0.2) is 0 Å². The van der Waals surface area contributed by atoms with E-state index in [0.29, 0.717) is 19.4 Å². The molecule has 2 aliphatic heterocycles. The van der Waals surface area contributed by atoms with Gasteiger partial charge in [-0.2, -0.15) is 0 Å². The van der Waals surface area contributed by atoms with Gasteiger partial charge in [-0.15, -0.1) is 0 Å². The van der Waals surface area contributed by atoms with Crippen molar-refractivity contribution in [3.05, 3.63) is 0 Å². The molecule has 23 heteroatoms. The van der Waals surface area contributed by atoms with Crippen LogP contribution in [-0.2, 0) is 66.5 Å². The molecule has 0 unspecified atom stereocenters. The molecule has 0 aromatic heterocycles. The second kappa shape index (κ2) is 33.9. The van der Waals surface area contributed by atoms with E-state index in [9.17, 15) is 49.8 Å². The molecule has 0 spiro atoms. The van der Waals surface area contributed by atoms with Gasteiger partial charge in [-0.3, -0.25) is 19.2 Å². The van der Waals surface area contributed by atoms with Gasteiger partial charge in [-0.05, 0) is 19.3 Å². The topological polar surface area (TPSA) is 318 Å². The molecule has 0 saturated carbocycles. The van der Waals surface area contributed by atoms with E-state index in [2.05, 4.69) is 16.0 Å². The van der Waals surface area contributed by atoms with E-state index < -0.39 is 80.3 Å². The number of aliphatic hydroxyl groups excluding tert-OH is 6. The Bertz CT molecular complexity index is 1190. The number of carbonyl (C=O) groups is 4. The van der Waals surface area contributed by atoms with E-state index in [0.717, 1.165) is 0 Å². The molecule has 0 aliphatic carbocycles. The number of unbranched alkanes of at least 4 members (excludes halogenated alkanes) is 1. The van der Waals surface area contributed by atoms with Crippen LogP contribution >= 0.6 is 0 Å². The maximum Gasteiger partial charge on any atom is 0.246 e. The fourth-order valence-corrected chi connectivity index (χ4v) is 5.72. The zero-order chi connectivity index (χ0) is 44.7. The number of ketones is 1. The van der Waals surface area contributed by atoms with Crippen LogP contribution < -0.4 is 16.0 Å².